The summed E-state index contributed by atoms with van der Waals surface area (Å²) in [6.45, 7) is 7.68. The Morgan fingerprint density at radius 3 is 2.74 bits per heavy atom. The van der Waals surface area contributed by atoms with E-state index in [1.165, 1.54) is 0 Å². The van der Waals surface area contributed by atoms with E-state index in [9.17, 15) is 4.79 Å². The van der Waals surface area contributed by atoms with Crippen LogP contribution in [0.15, 0.2) is 12.5 Å². The number of hydrogen-bond acceptors (Lipinski definition) is 5. The van der Waals surface area contributed by atoms with E-state index in [2.05, 4.69) is 14.9 Å². The third kappa shape index (κ3) is 7.05. The lowest BCUT2D eigenvalue weighted by Gasteiger charge is -2.30. The number of nitrogens with zero attached hydrogens (tertiary/aromatic N) is 3. The molecule has 1 amide bonds. The van der Waals surface area contributed by atoms with E-state index in [0.29, 0.717) is 19.5 Å². The molecule has 9 heteroatoms. The molecule has 1 fully saturated rings. The van der Waals surface area contributed by atoms with E-state index in [1.807, 2.05) is 11.8 Å². The number of H-pyrrole nitrogens is 1. The maximum atomic E-state index is 12.4. The number of rotatable bonds is 7. The van der Waals surface area contributed by atoms with Crippen LogP contribution in [0.1, 0.15) is 12.6 Å². The van der Waals surface area contributed by atoms with Gasteiger partial charge in [-0.15, -0.1) is 24.8 Å². The molecule has 23 heavy (non-hydrogen) atoms. The molecule has 2 heterocycles. The van der Waals surface area contributed by atoms with Crippen molar-refractivity contribution >= 4 is 30.7 Å². The number of morpholine rings is 1. The highest BCUT2D eigenvalue weighted by atomic mass is 35.5. The fourth-order valence-electron chi connectivity index (χ4n) is 2.47. The Kier molecular flexibility index (Phi) is 11.2. The second kappa shape index (κ2) is 11.6. The summed E-state index contributed by atoms with van der Waals surface area (Å²) in [5, 5.41) is 0. The Labute approximate surface area is 149 Å². The van der Waals surface area contributed by atoms with Crippen LogP contribution in [0.25, 0.3) is 0 Å². The molecule has 0 unspecified atom stereocenters. The molecule has 0 radical (unpaired) electrons. The van der Waals surface area contributed by atoms with Crippen molar-refractivity contribution in [3.05, 3.63) is 18.2 Å². The number of hydrogen-bond donors (Lipinski definition) is 2. The normalized spacial score (nSPS) is 16.1. The summed E-state index contributed by atoms with van der Waals surface area (Å²) in [6, 6.07) is -0.518. The zero-order valence-corrected chi connectivity index (χ0v) is 15.1. The first kappa shape index (κ1) is 22.1. The van der Waals surface area contributed by atoms with Crippen molar-refractivity contribution in [2.75, 3.05) is 45.9 Å². The summed E-state index contributed by atoms with van der Waals surface area (Å²) >= 11 is 0. The van der Waals surface area contributed by atoms with Crippen LogP contribution in [-0.4, -0.2) is 77.7 Å². The van der Waals surface area contributed by atoms with Crippen LogP contribution in [-0.2, 0) is 16.0 Å². The molecular formula is C14H27Cl2N5O2. The first-order valence-corrected chi connectivity index (χ1v) is 7.52. The molecule has 1 saturated heterocycles. The molecule has 134 valence electrons. The highest BCUT2D eigenvalue weighted by molar-refractivity contribution is 5.85. The van der Waals surface area contributed by atoms with E-state index >= 15 is 0 Å². The van der Waals surface area contributed by atoms with Gasteiger partial charge in [-0.25, -0.2) is 4.98 Å². The second-order valence-corrected chi connectivity index (χ2v) is 5.26. The molecule has 0 aromatic carbocycles. The van der Waals surface area contributed by atoms with Crippen LogP contribution in [0.2, 0.25) is 0 Å². The van der Waals surface area contributed by atoms with Crippen LogP contribution in [0.5, 0.6) is 0 Å². The quantitative estimate of drug-likeness (QED) is 0.723. The van der Waals surface area contributed by atoms with Crippen molar-refractivity contribution in [1.82, 2.24) is 19.8 Å². The standard InChI is InChI=1S/C14H25N5O2.2ClH/c1-2-19(4-3-18-5-7-21-8-6-18)14(20)13(15)9-12-10-16-11-17-12;;/h10-11,13H,2-9,15H2,1H3,(H,16,17);2*1H/t13-;;/m0../s1. The summed E-state index contributed by atoms with van der Waals surface area (Å²) < 4.78 is 5.33. The Balaban J connectivity index is 0.00000242. The van der Waals surface area contributed by atoms with E-state index in [0.717, 1.165) is 38.5 Å². The number of nitrogens with two attached hydrogens (primary N) is 1. The van der Waals surface area contributed by atoms with Crippen molar-refractivity contribution < 1.29 is 9.53 Å². The highest BCUT2D eigenvalue weighted by Gasteiger charge is 2.21. The number of likely N-dealkylation sites (N-methyl/N-ethyl adjacent to an activating group) is 1. The summed E-state index contributed by atoms with van der Waals surface area (Å²) in [5.74, 6) is 0.000333. The minimum atomic E-state index is -0.518. The van der Waals surface area contributed by atoms with E-state index in [4.69, 9.17) is 10.5 Å². The van der Waals surface area contributed by atoms with Gasteiger partial charge in [0.25, 0.3) is 0 Å². The minimum Gasteiger partial charge on any atom is -0.379 e. The smallest absolute Gasteiger partial charge is 0.239 e. The minimum absolute atomic E-state index is 0. The first-order chi connectivity index (χ1) is 10.2. The SMILES string of the molecule is CCN(CCN1CCOCC1)C(=O)[C@@H](N)Cc1cnc[nH]1.Cl.Cl. The van der Waals surface area contributed by atoms with E-state index < -0.39 is 6.04 Å². The second-order valence-electron chi connectivity index (χ2n) is 5.26. The lowest BCUT2D eigenvalue weighted by atomic mass is 10.1. The number of ether oxygens (including phenoxy) is 1. The Morgan fingerprint density at radius 2 is 2.17 bits per heavy atom. The molecule has 0 bridgehead atoms. The maximum absolute atomic E-state index is 12.4. The van der Waals surface area contributed by atoms with E-state index in [-0.39, 0.29) is 30.7 Å². The van der Waals surface area contributed by atoms with Gasteiger partial charge in [0.1, 0.15) is 0 Å². The summed E-state index contributed by atoms with van der Waals surface area (Å²) in [4.78, 5) is 23.5. The number of nitrogens with one attached hydrogen (secondary N) is 1. The van der Waals surface area contributed by atoms with Crippen LogP contribution in [0.3, 0.4) is 0 Å². The molecule has 1 aromatic rings. The van der Waals surface area contributed by atoms with Crippen molar-refractivity contribution in [2.24, 2.45) is 5.73 Å². The molecule has 2 rings (SSSR count). The fourth-order valence-corrected chi connectivity index (χ4v) is 2.47. The number of halogens is 2. The average Bonchev–Trinajstić information content (AvgIpc) is 3.01. The largest absolute Gasteiger partial charge is 0.379 e. The Bertz CT molecular complexity index is 427. The summed E-state index contributed by atoms with van der Waals surface area (Å²) in [5.41, 5.74) is 6.91. The number of carbonyl (C=O) groups is 1. The molecule has 1 atom stereocenters. The average molecular weight is 368 g/mol. The maximum Gasteiger partial charge on any atom is 0.239 e. The van der Waals surface area contributed by atoms with Crippen molar-refractivity contribution in [3.8, 4) is 0 Å². The molecule has 3 N–H and O–H groups in total. The van der Waals surface area contributed by atoms with Gasteiger partial charge in [-0.2, -0.15) is 0 Å². The van der Waals surface area contributed by atoms with E-state index in [1.54, 1.807) is 12.5 Å². The molecule has 0 saturated carbocycles. The molecule has 1 aliphatic rings. The monoisotopic (exact) mass is 367 g/mol. The molecule has 7 nitrogen and oxygen atoms in total. The predicted molar refractivity (Wildman–Crippen MR) is 94.3 cm³/mol. The van der Waals surface area contributed by atoms with Gasteiger partial charge in [0.05, 0.1) is 25.6 Å². The lowest BCUT2D eigenvalue weighted by molar-refractivity contribution is -0.132. The molecule has 0 aliphatic carbocycles. The zero-order valence-electron chi connectivity index (χ0n) is 13.4. The van der Waals surface area contributed by atoms with Gasteiger partial charge in [0.15, 0.2) is 0 Å². The predicted octanol–water partition coefficient (Wildman–Crippen LogP) is 0.304. The molecular weight excluding hydrogens is 341 g/mol. The first-order valence-electron chi connectivity index (χ1n) is 7.52. The van der Waals surface area contributed by atoms with Gasteiger partial charge < -0.3 is 20.4 Å². The number of aromatic amines is 1. The molecule has 1 aliphatic heterocycles. The number of carbonyl (C=O) groups excluding carboxylic acids is 1. The summed E-state index contributed by atoms with van der Waals surface area (Å²) in [7, 11) is 0. The van der Waals surface area contributed by atoms with Crippen LogP contribution in [0.4, 0.5) is 0 Å². The Morgan fingerprint density at radius 1 is 1.48 bits per heavy atom. The summed E-state index contributed by atoms with van der Waals surface area (Å²) in [6.07, 6.45) is 3.80. The van der Waals surface area contributed by atoms with Gasteiger partial charge in [-0.1, -0.05) is 0 Å². The van der Waals surface area contributed by atoms with Crippen LogP contribution in [0, 0.1) is 0 Å². The van der Waals surface area contributed by atoms with Gasteiger partial charge in [0.2, 0.25) is 5.91 Å². The number of aromatic nitrogens is 2. The molecule has 0 spiro atoms. The molecule has 1 aromatic heterocycles. The van der Waals surface area contributed by atoms with Gasteiger partial charge in [0, 0.05) is 51.0 Å². The van der Waals surface area contributed by atoms with Gasteiger partial charge in [-0.05, 0) is 6.92 Å². The van der Waals surface area contributed by atoms with Crippen LogP contribution >= 0.6 is 24.8 Å². The Hall–Kier alpha value is -0.860. The fraction of sp³-hybridized carbons (Fsp3) is 0.714. The van der Waals surface area contributed by atoms with Crippen LogP contribution < -0.4 is 5.73 Å². The van der Waals surface area contributed by atoms with Gasteiger partial charge >= 0.3 is 0 Å². The van der Waals surface area contributed by atoms with Crippen molar-refractivity contribution in [3.63, 3.8) is 0 Å². The number of amides is 1. The topological polar surface area (TPSA) is 87.5 Å². The van der Waals surface area contributed by atoms with Gasteiger partial charge in [-0.3, -0.25) is 9.69 Å². The third-order valence-corrected chi connectivity index (χ3v) is 3.80. The van der Waals surface area contributed by atoms with Crippen molar-refractivity contribution in [2.45, 2.75) is 19.4 Å². The lowest BCUT2D eigenvalue weighted by Crippen LogP contribution is -2.48. The third-order valence-electron chi connectivity index (χ3n) is 3.80. The highest BCUT2D eigenvalue weighted by Crippen LogP contribution is 2.03. The zero-order chi connectivity index (χ0) is 15.1. The number of imidazole rings is 1. The van der Waals surface area contributed by atoms with Crippen molar-refractivity contribution in [1.29, 1.82) is 0 Å².